The van der Waals surface area contributed by atoms with E-state index < -0.39 is 0 Å². The van der Waals surface area contributed by atoms with Gasteiger partial charge in [0.05, 0.1) is 0 Å². The lowest BCUT2D eigenvalue weighted by atomic mass is 9.75. The SMILES string of the molecule is C=C(C)/C=C\C1=C(C)C=CCC1(C)C. The maximum Gasteiger partial charge on any atom is -0.00664 e. The molecule has 0 unspecified atom stereocenters. The Morgan fingerprint density at radius 3 is 2.64 bits per heavy atom. The molecule has 0 saturated heterocycles. The predicted molar refractivity (Wildman–Crippen MR) is 64.2 cm³/mol. The molecule has 0 nitrogen and oxygen atoms in total. The third kappa shape index (κ3) is 2.47. The van der Waals surface area contributed by atoms with E-state index in [0.717, 1.165) is 12.0 Å². The van der Waals surface area contributed by atoms with Crippen LogP contribution in [0.2, 0.25) is 0 Å². The van der Waals surface area contributed by atoms with Gasteiger partial charge in [0.15, 0.2) is 0 Å². The van der Waals surface area contributed by atoms with Crippen LogP contribution in [0, 0.1) is 5.41 Å². The van der Waals surface area contributed by atoms with Gasteiger partial charge >= 0.3 is 0 Å². The summed E-state index contributed by atoms with van der Waals surface area (Å²) >= 11 is 0. The van der Waals surface area contributed by atoms with Gasteiger partial charge in [-0.15, -0.1) is 0 Å². The van der Waals surface area contributed by atoms with Gasteiger partial charge in [-0.05, 0) is 36.8 Å². The molecular weight excluding hydrogens is 168 g/mol. The van der Waals surface area contributed by atoms with Crippen LogP contribution >= 0.6 is 0 Å². The Bertz CT molecular complexity index is 322. The lowest BCUT2D eigenvalue weighted by molar-refractivity contribution is 0.456. The third-order valence-electron chi connectivity index (χ3n) is 2.68. The minimum atomic E-state index is 0.269. The zero-order chi connectivity index (χ0) is 10.8. The summed E-state index contributed by atoms with van der Waals surface area (Å²) in [5, 5.41) is 0. The lowest BCUT2D eigenvalue weighted by Crippen LogP contribution is -2.16. The van der Waals surface area contributed by atoms with E-state index in [9.17, 15) is 0 Å². The molecule has 0 aromatic heterocycles. The van der Waals surface area contributed by atoms with Crippen LogP contribution in [0.5, 0.6) is 0 Å². The van der Waals surface area contributed by atoms with Gasteiger partial charge in [-0.25, -0.2) is 0 Å². The first-order valence-corrected chi connectivity index (χ1v) is 5.15. The molecule has 14 heavy (non-hydrogen) atoms. The molecule has 0 bridgehead atoms. The normalized spacial score (nSPS) is 20.6. The van der Waals surface area contributed by atoms with Gasteiger partial charge < -0.3 is 0 Å². The summed E-state index contributed by atoms with van der Waals surface area (Å²) in [6.45, 7) is 12.7. The molecular formula is C14H20. The van der Waals surface area contributed by atoms with Crippen molar-refractivity contribution in [2.45, 2.75) is 34.1 Å². The Kier molecular flexibility index (Phi) is 3.15. The van der Waals surface area contributed by atoms with E-state index >= 15 is 0 Å². The van der Waals surface area contributed by atoms with Crippen molar-refractivity contribution in [3.05, 3.63) is 47.6 Å². The quantitative estimate of drug-likeness (QED) is 0.563. The van der Waals surface area contributed by atoms with Crippen LogP contribution in [0.15, 0.2) is 47.6 Å². The fourth-order valence-electron chi connectivity index (χ4n) is 1.85. The van der Waals surface area contributed by atoms with E-state index in [1.807, 2.05) is 6.92 Å². The number of allylic oxidation sites excluding steroid dienone is 7. The largest absolute Gasteiger partial charge is 0.0961 e. The molecule has 0 saturated carbocycles. The van der Waals surface area contributed by atoms with Crippen molar-refractivity contribution in [1.82, 2.24) is 0 Å². The predicted octanol–water partition coefficient (Wildman–Crippen LogP) is 4.42. The van der Waals surface area contributed by atoms with Crippen molar-refractivity contribution in [2.75, 3.05) is 0 Å². The molecule has 0 radical (unpaired) electrons. The highest BCUT2D eigenvalue weighted by molar-refractivity contribution is 5.41. The molecule has 0 aromatic rings. The molecule has 1 rings (SSSR count). The fourth-order valence-corrected chi connectivity index (χ4v) is 1.85. The Hall–Kier alpha value is -1.04. The highest BCUT2D eigenvalue weighted by atomic mass is 14.3. The fraction of sp³-hybridized carbons (Fsp3) is 0.429. The first-order valence-electron chi connectivity index (χ1n) is 5.15. The van der Waals surface area contributed by atoms with E-state index in [0.29, 0.717) is 0 Å². The standard InChI is InChI=1S/C14H20/c1-11(2)8-9-13-12(3)7-6-10-14(13,4)5/h6-9H,1,10H2,2-5H3/b9-8-. The van der Waals surface area contributed by atoms with E-state index in [2.05, 4.69) is 51.7 Å². The number of hydrogen-bond donors (Lipinski definition) is 0. The number of rotatable bonds is 2. The molecule has 1 aliphatic carbocycles. The van der Waals surface area contributed by atoms with E-state index in [4.69, 9.17) is 0 Å². The molecule has 0 heteroatoms. The maximum atomic E-state index is 3.88. The first kappa shape index (κ1) is 11.0. The second-order valence-electron chi connectivity index (χ2n) is 4.77. The maximum absolute atomic E-state index is 3.88. The van der Waals surface area contributed by atoms with E-state index in [1.54, 1.807) is 0 Å². The van der Waals surface area contributed by atoms with Gasteiger partial charge in [0, 0.05) is 0 Å². The summed E-state index contributed by atoms with van der Waals surface area (Å²) in [6.07, 6.45) is 9.90. The minimum Gasteiger partial charge on any atom is -0.0961 e. The molecule has 0 spiro atoms. The van der Waals surface area contributed by atoms with Crippen LogP contribution in [0.25, 0.3) is 0 Å². The van der Waals surface area contributed by atoms with Crippen LogP contribution in [0.4, 0.5) is 0 Å². The van der Waals surface area contributed by atoms with Gasteiger partial charge in [0.25, 0.3) is 0 Å². The second kappa shape index (κ2) is 4.00. The molecule has 0 atom stereocenters. The van der Waals surface area contributed by atoms with Crippen molar-refractivity contribution in [3.8, 4) is 0 Å². The summed E-state index contributed by atoms with van der Waals surface area (Å²) in [6, 6.07) is 0. The number of hydrogen-bond acceptors (Lipinski definition) is 0. The smallest absolute Gasteiger partial charge is 0.00664 e. The average Bonchev–Trinajstić information content (AvgIpc) is 2.01. The topological polar surface area (TPSA) is 0 Å². The second-order valence-corrected chi connectivity index (χ2v) is 4.77. The van der Waals surface area contributed by atoms with Gasteiger partial charge in [-0.1, -0.05) is 50.3 Å². The Morgan fingerprint density at radius 1 is 1.50 bits per heavy atom. The van der Waals surface area contributed by atoms with Crippen molar-refractivity contribution in [2.24, 2.45) is 5.41 Å². The van der Waals surface area contributed by atoms with Crippen LogP contribution < -0.4 is 0 Å². The molecule has 0 N–H and O–H groups in total. The summed E-state index contributed by atoms with van der Waals surface area (Å²) in [5.74, 6) is 0. The lowest BCUT2D eigenvalue weighted by Gasteiger charge is -2.29. The van der Waals surface area contributed by atoms with Crippen LogP contribution in [0.1, 0.15) is 34.1 Å². The van der Waals surface area contributed by atoms with E-state index in [-0.39, 0.29) is 5.41 Å². The highest BCUT2D eigenvalue weighted by Gasteiger charge is 2.23. The van der Waals surface area contributed by atoms with Crippen LogP contribution in [-0.4, -0.2) is 0 Å². The molecule has 76 valence electrons. The molecule has 0 amide bonds. The van der Waals surface area contributed by atoms with Crippen LogP contribution in [0.3, 0.4) is 0 Å². The molecule has 0 heterocycles. The summed E-state index contributed by atoms with van der Waals surface area (Å²) in [7, 11) is 0. The van der Waals surface area contributed by atoms with Crippen molar-refractivity contribution in [3.63, 3.8) is 0 Å². The Balaban J connectivity index is 3.02. The van der Waals surface area contributed by atoms with Crippen molar-refractivity contribution < 1.29 is 0 Å². The van der Waals surface area contributed by atoms with Gasteiger partial charge in [0.1, 0.15) is 0 Å². The van der Waals surface area contributed by atoms with Gasteiger partial charge in [-0.2, -0.15) is 0 Å². The Morgan fingerprint density at radius 2 is 2.14 bits per heavy atom. The van der Waals surface area contributed by atoms with Gasteiger partial charge in [-0.3, -0.25) is 0 Å². The summed E-state index contributed by atoms with van der Waals surface area (Å²) in [5.41, 5.74) is 4.18. The molecule has 0 fully saturated rings. The summed E-state index contributed by atoms with van der Waals surface area (Å²) < 4.78 is 0. The zero-order valence-corrected chi connectivity index (χ0v) is 9.72. The molecule has 1 aliphatic rings. The van der Waals surface area contributed by atoms with E-state index in [1.165, 1.54) is 11.1 Å². The average molecular weight is 188 g/mol. The monoisotopic (exact) mass is 188 g/mol. The van der Waals surface area contributed by atoms with Crippen molar-refractivity contribution >= 4 is 0 Å². The van der Waals surface area contributed by atoms with Crippen LogP contribution in [-0.2, 0) is 0 Å². The zero-order valence-electron chi connectivity index (χ0n) is 9.72. The first-order chi connectivity index (χ1) is 6.43. The van der Waals surface area contributed by atoms with Crippen molar-refractivity contribution in [1.29, 1.82) is 0 Å². The molecule has 0 aliphatic heterocycles. The highest BCUT2D eigenvalue weighted by Crippen LogP contribution is 2.37. The third-order valence-corrected chi connectivity index (χ3v) is 2.68. The minimum absolute atomic E-state index is 0.269. The molecule has 0 aromatic carbocycles. The Labute approximate surface area is 87.7 Å². The van der Waals surface area contributed by atoms with Gasteiger partial charge in [0.2, 0.25) is 0 Å². The summed E-state index contributed by atoms with van der Waals surface area (Å²) in [4.78, 5) is 0.